The molecule has 2 aromatic heterocycles. The lowest BCUT2D eigenvalue weighted by Crippen LogP contribution is -2.51. The van der Waals surface area contributed by atoms with E-state index in [1.165, 1.54) is 17.9 Å². The molecule has 0 unspecified atom stereocenters. The Morgan fingerprint density at radius 3 is 1.94 bits per heavy atom. The predicted molar refractivity (Wildman–Crippen MR) is 196 cm³/mol. The molecule has 0 saturated carbocycles. The number of benzene rings is 3. The van der Waals surface area contributed by atoms with Gasteiger partial charge in [-0.1, -0.05) is 76.2 Å². The molecule has 5 atom stereocenters. The van der Waals surface area contributed by atoms with Gasteiger partial charge in [0.15, 0.2) is 0 Å². The zero-order chi connectivity index (χ0) is 35.1. The summed E-state index contributed by atoms with van der Waals surface area (Å²) in [6.45, 7) is 9.99. The highest BCUT2D eigenvalue weighted by Gasteiger charge is 2.40. The molecule has 0 spiro atoms. The summed E-state index contributed by atoms with van der Waals surface area (Å²) < 4.78 is 4.78. The molecule has 5 aromatic rings. The number of likely N-dealkylation sites (tertiary alicyclic amines) is 2. The number of imidazole rings is 2. The van der Waals surface area contributed by atoms with Gasteiger partial charge in [0.25, 0.3) is 0 Å². The van der Waals surface area contributed by atoms with Crippen LogP contribution in [0.2, 0.25) is 0 Å². The molecule has 2 amide bonds. The molecular weight excluding hydrogens is 626 g/mol. The van der Waals surface area contributed by atoms with Crippen LogP contribution in [-0.2, 0) is 9.53 Å². The Bertz CT molecular complexity index is 2000. The minimum atomic E-state index is -0.674. The monoisotopic (exact) mass is 673 g/mol. The number of rotatable bonds is 8. The van der Waals surface area contributed by atoms with Crippen molar-refractivity contribution in [1.82, 2.24) is 35.1 Å². The number of aromatic nitrogens is 4. The van der Waals surface area contributed by atoms with Gasteiger partial charge in [0, 0.05) is 18.7 Å². The van der Waals surface area contributed by atoms with E-state index in [9.17, 15) is 9.59 Å². The molecular formula is C40H47N7O3. The number of alkyl carbamates (subject to hydrolysis) is 1. The summed E-state index contributed by atoms with van der Waals surface area (Å²) in [6.07, 6.45) is 5.12. The standard InChI is InChI=1S/C40H47N7O3/c1-23(2)36(45-40(49)50-6)39(48)47-22-25(4)16-35(47)38-42-19-32(43-38)27-9-7-26(8-10-27)28-11-12-30-18-31(14-13-29(30)17-28)33-20-41-37(44-33)34-15-24(3)21-46(34)5/h7-14,17-20,23-25,34-36H,15-16,21-22H2,1-6H3,(H,41,44)(H,42,43)(H,45,49)/t24-,25-,34-,35-,36-/m0/s1. The van der Waals surface area contributed by atoms with Crippen molar-refractivity contribution in [3.8, 4) is 33.6 Å². The highest BCUT2D eigenvalue weighted by Crippen LogP contribution is 2.37. The van der Waals surface area contributed by atoms with Gasteiger partial charge in [-0.2, -0.15) is 0 Å². The molecule has 2 saturated heterocycles. The molecule has 2 aliphatic heterocycles. The van der Waals surface area contributed by atoms with Crippen LogP contribution >= 0.6 is 0 Å². The number of methoxy groups -OCH3 is 1. The summed E-state index contributed by atoms with van der Waals surface area (Å²) in [7, 11) is 3.48. The summed E-state index contributed by atoms with van der Waals surface area (Å²) in [5.41, 5.74) is 6.39. The fraction of sp³-hybridized carbons (Fsp3) is 0.400. The molecule has 7 rings (SSSR count). The Hall–Kier alpha value is -4.96. The number of H-pyrrole nitrogens is 2. The van der Waals surface area contributed by atoms with Gasteiger partial charge in [-0.15, -0.1) is 0 Å². The predicted octanol–water partition coefficient (Wildman–Crippen LogP) is 7.59. The van der Waals surface area contributed by atoms with Crippen LogP contribution in [0.4, 0.5) is 4.79 Å². The number of nitrogens with one attached hydrogen (secondary N) is 3. The smallest absolute Gasteiger partial charge is 0.407 e. The molecule has 4 heterocycles. The van der Waals surface area contributed by atoms with Gasteiger partial charge in [0.05, 0.1) is 43.0 Å². The first-order chi connectivity index (χ1) is 24.1. The van der Waals surface area contributed by atoms with Gasteiger partial charge < -0.3 is 24.9 Å². The molecule has 260 valence electrons. The fourth-order valence-electron chi connectivity index (χ4n) is 7.74. The van der Waals surface area contributed by atoms with Crippen molar-refractivity contribution in [3.63, 3.8) is 0 Å². The molecule has 2 fully saturated rings. The Morgan fingerprint density at radius 1 is 0.780 bits per heavy atom. The SMILES string of the molecule is COC(=O)N[C@H](C(=O)N1C[C@@H](C)C[C@H]1c1ncc(-c2ccc(-c3ccc4cc(-c5cnc([C@@H]6C[C@H](C)CN6C)[nH]5)ccc4c3)cc2)[nH]1)C(C)C. The van der Waals surface area contributed by atoms with Crippen LogP contribution in [0.1, 0.15) is 64.3 Å². The van der Waals surface area contributed by atoms with Gasteiger partial charge in [-0.25, -0.2) is 14.8 Å². The van der Waals surface area contributed by atoms with Crippen molar-refractivity contribution >= 4 is 22.8 Å². The first kappa shape index (κ1) is 33.5. The van der Waals surface area contributed by atoms with E-state index < -0.39 is 12.1 Å². The van der Waals surface area contributed by atoms with Crippen LogP contribution in [0.5, 0.6) is 0 Å². The van der Waals surface area contributed by atoms with E-state index in [1.54, 1.807) is 0 Å². The minimum absolute atomic E-state index is 0.0905. The van der Waals surface area contributed by atoms with Gasteiger partial charge in [0.2, 0.25) is 5.91 Å². The van der Waals surface area contributed by atoms with Crippen LogP contribution in [-0.4, -0.2) is 75.0 Å². The molecule has 3 N–H and O–H groups in total. The third kappa shape index (κ3) is 6.64. The van der Waals surface area contributed by atoms with Gasteiger partial charge >= 0.3 is 6.09 Å². The summed E-state index contributed by atoms with van der Waals surface area (Å²) in [5, 5.41) is 5.09. The highest BCUT2D eigenvalue weighted by molar-refractivity contribution is 5.90. The lowest BCUT2D eigenvalue weighted by Gasteiger charge is -2.30. The topological polar surface area (TPSA) is 119 Å². The number of hydrogen-bond acceptors (Lipinski definition) is 6. The summed E-state index contributed by atoms with van der Waals surface area (Å²) >= 11 is 0. The van der Waals surface area contributed by atoms with Gasteiger partial charge in [0.1, 0.15) is 17.7 Å². The normalized spacial score (nSPS) is 21.6. The third-order valence-corrected chi connectivity index (χ3v) is 10.4. The van der Waals surface area contributed by atoms with Crippen LogP contribution in [0.25, 0.3) is 44.4 Å². The second-order valence-corrected chi connectivity index (χ2v) is 14.7. The zero-order valence-corrected chi connectivity index (χ0v) is 29.7. The number of aromatic amines is 2. The maximum Gasteiger partial charge on any atom is 0.407 e. The Labute approximate surface area is 293 Å². The summed E-state index contributed by atoms with van der Waals surface area (Å²) in [4.78, 5) is 46.4. The van der Waals surface area contributed by atoms with Crippen LogP contribution in [0.3, 0.4) is 0 Å². The number of ether oxygens (including phenoxy) is 1. The van der Waals surface area contributed by atoms with E-state index in [4.69, 9.17) is 14.7 Å². The fourth-order valence-corrected chi connectivity index (χ4v) is 7.74. The minimum Gasteiger partial charge on any atom is -0.453 e. The van der Waals surface area contributed by atoms with Crippen molar-refractivity contribution in [3.05, 3.63) is 84.7 Å². The maximum atomic E-state index is 13.7. The van der Waals surface area contributed by atoms with Gasteiger partial charge in [-0.05, 0) is 77.2 Å². The van der Waals surface area contributed by atoms with Crippen LogP contribution in [0, 0.1) is 17.8 Å². The first-order valence-corrected chi connectivity index (χ1v) is 17.7. The van der Waals surface area contributed by atoms with Crippen LogP contribution < -0.4 is 5.32 Å². The molecule has 10 nitrogen and oxygen atoms in total. The summed E-state index contributed by atoms with van der Waals surface area (Å²) in [6, 6.07) is 21.1. The molecule has 3 aromatic carbocycles. The molecule has 2 aliphatic rings. The first-order valence-electron chi connectivity index (χ1n) is 17.7. The van der Waals surface area contributed by atoms with Crippen molar-refractivity contribution < 1.29 is 14.3 Å². The van der Waals surface area contributed by atoms with E-state index in [1.807, 2.05) is 31.1 Å². The number of fused-ring (bicyclic) bond motifs is 1. The highest BCUT2D eigenvalue weighted by atomic mass is 16.5. The molecule has 0 aliphatic carbocycles. The van der Waals surface area contributed by atoms with Crippen molar-refractivity contribution in [2.24, 2.45) is 17.8 Å². The molecule has 10 heteroatoms. The number of hydrogen-bond donors (Lipinski definition) is 3. The Kier molecular flexibility index (Phi) is 9.22. The van der Waals surface area contributed by atoms with E-state index in [0.29, 0.717) is 24.4 Å². The van der Waals surface area contributed by atoms with E-state index in [0.717, 1.165) is 64.7 Å². The Morgan fingerprint density at radius 2 is 1.32 bits per heavy atom. The molecule has 0 radical (unpaired) electrons. The average Bonchev–Trinajstić information content (AvgIpc) is 3.93. The molecule has 50 heavy (non-hydrogen) atoms. The van der Waals surface area contributed by atoms with Crippen molar-refractivity contribution in [2.45, 2.75) is 58.7 Å². The lowest BCUT2D eigenvalue weighted by molar-refractivity contribution is -0.135. The van der Waals surface area contributed by atoms with E-state index in [-0.39, 0.29) is 17.9 Å². The van der Waals surface area contributed by atoms with E-state index >= 15 is 0 Å². The molecule has 0 bridgehead atoms. The van der Waals surface area contributed by atoms with Gasteiger partial charge in [-0.3, -0.25) is 9.69 Å². The zero-order valence-electron chi connectivity index (χ0n) is 29.7. The average molecular weight is 674 g/mol. The largest absolute Gasteiger partial charge is 0.453 e. The summed E-state index contributed by atoms with van der Waals surface area (Å²) in [5.74, 6) is 2.58. The number of carbonyl (C=O) groups excluding carboxylic acids is 2. The number of nitrogens with zero attached hydrogens (tertiary/aromatic N) is 4. The quantitative estimate of drug-likeness (QED) is 0.156. The lowest BCUT2D eigenvalue weighted by atomic mass is 9.98. The maximum absolute atomic E-state index is 13.7. The second kappa shape index (κ2) is 13.7. The van der Waals surface area contributed by atoms with Crippen molar-refractivity contribution in [2.75, 3.05) is 27.2 Å². The van der Waals surface area contributed by atoms with Crippen molar-refractivity contribution in [1.29, 1.82) is 0 Å². The Balaban J connectivity index is 1.05. The second-order valence-electron chi connectivity index (χ2n) is 14.7. The van der Waals surface area contributed by atoms with Crippen LogP contribution in [0.15, 0.2) is 73.1 Å². The number of amides is 2. The third-order valence-electron chi connectivity index (χ3n) is 10.4. The number of carbonyl (C=O) groups is 2. The van der Waals surface area contributed by atoms with E-state index in [2.05, 4.69) is 102 Å².